The van der Waals surface area contributed by atoms with Crippen LogP contribution in [0.1, 0.15) is 17.5 Å². The molecule has 27 heavy (non-hydrogen) atoms. The number of hydrogen-bond acceptors (Lipinski definition) is 5. The number of aliphatic hydroxyl groups excluding tert-OH is 1. The number of hydrogen-bond donors (Lipinski definition) is 1. The monoisotopic (exact) mass is 452 g/mol. The van der Waals surface area contributed by atoms with Crippen LogP contribution in [0.15, 0.2) is 56.2 Å². The van der Waals surface area contributed by atoms with Crippen molar-refractivity contribution in [1.82, 2.24) is 4.90 Å². The molecule has 8 heteroatoms. The fourth-order valence-corrected chi connectivity index (χ4v) is 4.36. The average molecular weight is 453 g/mol. The van der Waals surface area contributed by atoms with Crippen LogP contribution < -0.4 is 4.74 Å². The smallest absolute Gasteiger partial charge is 0.283 e. The third-order valence-corrected chi connectivity index (χ3v) is 6.10. The first-order valence-electron chi connectivity index (χ1n) is 8.58. The van der Waals surface area contributed by atoms with E-state index in [0.29, 0.717) is 30.2 Å². The maximum Gasteiger partial charge on any atom is 0.283 e. The van der Waals surface area contributed by atoms with Gasteiger partial charge in [-0.2, -0.15) is 12.8 Å². The molecule has 1 heterocycles. The Morgan fingerprint density at radius 3 is 2.59 bits per heavy atom. The van der Waals surface area contributed by atoms with Crippen molar-refractivity contribution in [3.63, 3.8) is 0 Å². The van der Waals surface area contributed by atoms with Gasteiger partial charge in [0.05, 0.1) is 18.9 Å². The quantitative estimate of drug-likeness (QED) is 0.622. The molecule has 0 spiro atoms. The molecule has 144 valence electrons. The number of ether oxygens (including phenoxy) is 1. The van der Waals surface area contributed by atoms with Crippen molar-refractivity contribution < 1.29 is 18.3 Å². The second-order valence-corrected chi connectivity index (χ2v) is 8.80. The molecule has 6 nitrogen and oxygen atoms in total. The molecule has 0 saturated carbocycles. The van der Waals surface area contributed by atoms with E-state index in [9.17, 15) is 8.42 Å². The van der Waals surface area contributed by atoms with Crippen LogP contribution in [0.4, 0.5) is 0 Å². The van der Waals surface area contributed by atoms with E-state index in [1.807, 2.05) is 36.2 Å². The van der Waals surface area contributed by atoms with Crippen LogP contribution in [0.5, 0.6) is 5.75 Å². The van der Waals surface area contributed by atoms with Gasteiger partial charge in [-0.3, -0.25) is 0 Å². The molecular weight excluding hydrogens is 432 g/mol. The fraction of sp³-hybridized carbons (Fsp3) is 0.316. The number of nitrogens with zero attached hydrogens (tertiary/aromatic N) is 2. The summed E-state index contributed by atoms with van der Waals surface area (Å²) in [6.45, 7) is 2.00. The molecule has 3 rings (SSSR count). The van der Waals surface area contributed by atoms with Crippen molar-refractivity contribution in [2.45, 2.75) is 11.3 Å². The number of benzene rings is 2. The Labute approximate surface area is 167 Å². The molecule has 0 aromatic heterocycles. The van der Waals surface area contributed by atoms with Crippen LogP contribution in [0.2, 0.25) is 0 Å². The van der Waals surface area contributed by atoms with Crippen LogP contribution >= 0.6 is 15.9 Å². The molecule has 2 aromatic rings. The summed E-state index contributed by atoms with van der Waals surface area (Å²) in [5.74, 6) is 0.509. The first kappa shape index (κ1) is 20.0. The summed E-state index contributed by atoms with van der Waals surface area (Å²) in [5.41, 5.74) is 1.79. The minimum Gasteiger partial charge on any atom is -0.494 e. The zero-order chi connectivity index (χ0) is 19.4. The molecule has 2 aromatic carbocycles. The zero-order valence-electron chi connectivity index (χ0n) is 14.9. The maximum absolute atomic E-state index is 12.5. The second kappa shape index (κ2) is 8.52. The highest BCUT2D eigenvalue weighted by Crippen LogP contribution is 2.32. The summed E-state index contributed by atoms with van der Waals surface area (Å²) in [6.07, 6.45) is 0.779. The number of aliphatic hydroxyl groups is 1. The van der Waals surface area contributed by atoms with Gasteiger partial charge in [0.15, 0.2) is 0 Å². The van der Waals surface area contributed by atoms with Gasteiger partial charge in [0.25, 0.3) is 10.0 Å². The Kier molecular flexibility index (Phi) is 6.31. The predicted octanol–water partition coefficient (Wildman–Crippen LogP) is 2.68. The first-order chi connectivity index (χ1) is 12.9. The maximum atomic E-state index is 12.5. The van der Waals surface area contributed by atoms with Crippen molar-refractivity contribution in [2.24, 2.45) is 4.40 Å². The highest BCUT2D eigenvalue weighted by atomic mass is 79.9. The highest BCUT2D eigenvalue weighted by Gasteiger charge is 2.30. The van der Waals surface area contributed by atoms with E-state index in [4.69, 9.17) is 9.84 Å². The van der Waals surface area contributed by atoms with E-state index in [1.165, 1.54) is 6.07 Å². The number of halogens is 1. The summed E-state index contributed by atoms with van der Waals surface area (Å²) in [5, 5.41) is 8.88. The number of likely N-dealkylation sites (N-methyl/N-ethyl adjacent to an activating group) is 1. The van der Waals surface area contributed by atoms with E-state index >= 15 is 0 Å². The van der Waals surface area contributed by atoms with Gasteiger partial charge in [0, 0.05) is 34.8 Å². The normalized spacial score (nSPS) is 14.9. The van der Waals surface area contributed by atoms with Crippen molar-refractivity contribution in [3.8, 4) is 5.75 Å². The van der Waals surface area contributed by atoms with Crippen LogP contribution in [0, 0.1) is 0 Å². The summed E-state index contributed by atoms with van der Waals surface area (Å²) >= 11 is 3.38. The molecule has 1 aliphatic rings. The van der Waals surface area contributed by atoms with Crippen molar-refractivity contribution in [1.29, 1.82) is 0 Å². The number of sulfonamides is 1. The SMILES string of the molecule is CN(CCO)CCCOc1ccc2c(c1)S(=O)(=O)N=C2c1ccc(Br)cc1. The van der Waals surface area contributed by atoms with Gasteiger partial charge in [-0.25, -0.2) is 0 Å². The molecule has 0 atom stereocenters. The molecule has 0 unspecified atom stereocenters. The van der Waals surface area contributed by atoms with E-state index in [-0.39, 0.29) is 11.5 Å². The van der Waals surface area contributed by atoms with E-state index in [1.54, 1.807) is 12.1 Å². The Morgan fingerprint density at radius 1 is 1.15 bits per heavy atom. The first-order valence-corrected chi connectivity index (χ1v) is 10.8. The minimum atomic E-state index is -3.73. The third-order valence-electron chi connectivity index (χ3n) is 4.25. The van der Waals surface area contributed by atoms with Gasteiger partial charge in [0.1, 0.15) is 10.6 Å². The fourth-order valence-electron chi connectivity index (χ4n) is 2.84. The van der Waals surface area contributed by atoms with Crippen molar-refractivity contribution >= 4 is 31.7 Å². The Morgan fingerprint density at radius 2 is 1.89 bits per heavy atom. The molecule has 0 aliphatic carbocycles. The van der Waals surface area contributed by atoms with Crippen LogP contribution in [0.3, 0.4) is 0 Å². The number of rotatable bonds is 8. The van der Waals surface area contributed by atoms with E-state index < -0.39 is 10.0 Å². The third kappa shape index (κ3) is 4.76. The average Bonchev–Trinajstić information content (AvgIpc) is 2.91. The van der Waals surface area contributed by atoms with Gasteiger partial charge < -0.3 is 14.7 Å². The van der Waals surface area contributed by atoms with Crippen molar-refractivity contribution in [2.75, 3.05) is 33.4 Å². The van der Waals surface area contributed by atoms with E-state index in [0.717, 1.165) is 23.0 Å². The van der Waals surface area contributed by atoms with Gasteiger partial charge in [-0.05, 0) is 37.7 Å². The second-order valence-electron chi connectivity index (χ2n) is 6.31. The van der Waals surface area contributed by atoms with Crippen LogP contribution in [-0.2, 0) is 10.0 Å². The van der Waals surface area contributed by atoms with Crippen LogP contribution in [-0.4, -0.2) is 57.5 Å². The molecular formula is C19H21BrN2O4S. The lowest BCUT2D eigenvalue weighted by Crippen LogP contribution is -2.24. The summed E-state index contributed by atoms with van der Waals surface area (Å²) in [6, 6.07) is 12.4. The Bertz CT molecular complexity index is 943. The number of fused-ring (bicyclic) bond motifs is 1. The summed E-state index contributed by atoms with van der Waals surface area (Å²) < 4.78 is 35.5. The van der Waals surface area contributed by atoms with E-state index in [2.05, 4.69) is 20.3 Å². The molecule has 0 amide bonds. The zero-order valence-corrected chi connectivity index (χ0v) is 17.3. The largest absolute Gasteiger partial charge is 0.494 e. The minimum absolute atomic E-state index is 0.126. The van der Waals surface area contributed by atoms with Gasteiger partial charge in [0.2, 0.25) is 0 Å². The summed E-state index contributed by atoms with van der Waals surface area (Å²) in [4.78, 5) is 2.18. The predicted molar refractivity (Wildman–Crippen MR) is 108 cm³/mol. The van der Waals surface area contributed by atoms with Crippen LogP contribution in [0.25, 0.3) is 0 Å². The topological polar surface area (TPSA) is 79.2 Å². The Hall–Kier alpha value is -1.74. The lowest BCUT2D eigenvalue weighted by atomic mass is 10.0. The van der Waals surface area contributed by atoms with Gasteiger partial charge in [-0.1, -0.05) is 28.1 Å². The lowest BCUT2D eigenvalue weighted by molar-refractivity contribution is 0.207. The van der Waals surface area contributed by atoms with Crippen molar-refractivity contribution in [3.05, 3.63) is 58.1 Å². The highest BCUT2D eigenvalue weighted by molar-refractivity contribution is 9.10. The molecule has 0 saturated heterocycles. The molecule has 0 bridgehead atoms. The molecule has 1 N–H and O–H groups in total. The van der Waals surface area contributed by atoms with Gasteiger partial charge in [-0.15, -0.1) is 0 Å². The molecule has 0 radical (unpaired) electrons. The standard InChI is InChI=1S/C19H21BrN2O4S/c1-22(10-11-23)9-2-12-26-16-7-8-17-18(13-16)27(24,25)21-19(17)14-3-5-15(20)6-4-14/h3-8,13,23H,2,9-12H2,1H3. The Balaban J connectivity index is 1.73. The lowest BCUT2D eigenvalue weighted by Gasteiger charge is -2.15. The summed E-state index contributed by atoms with van der Waals surface area (Å²) in [7, 11) is -1.80. The molecule has 0 fully saturated rings. The molecule has 1 aliphatic heterocycles. The van der Waals surface area contributed by atoms with Gasteiger partial charge >= 0.3 is 0 Å².